The van der Waals surface area contributed by atoms with Crippen molar-refractivity contribution in [1.29, 1.82) is 0 Å². The van der Waals surface area contributed by atoms with Crippen LogP contribution in [0.5, 0.6) is 5.75 Å². The number of aliphatic hydroxyl groups excluding tert-OH is 1. The monoisotopic (exact) mass is 434 g/mol. The van der Waals surface area contributed by atoms with Crippen molar-refractivity contribution in [2.45, 2.75) is 90.5 Å². The van der Waals surface area contributed by atoms with Crippen LogP contribution in [-0.2, 0) is 15.1 Å². The molecule has 7 nitrogen and oxygen atoms in total. The lowest BCUT2D eigenvalue weighted by atomic mass is 9.87. The Kier molecular flexibility index (Phi) is 5.81. The van der Waals surface area contributed by atoms with Crippen molar-refractivity contribution in [3.8, 4) is 5.75 Å². The molecular formula is C24H34O7. The Morgan fingerprint density at radius 1 is 1.23 bits per heavy atom. The molecule has 0 bridgehead atoms. The van der Waals surface area contributed by atoms with E-state index in [4.69, 9.17) is 18.6 Å². The fourth-order valence-electron chi connectivity index (χ4n) is 4.90. The quantitative estimate of drug-likeness (QED) is 0.524. The van der Waals surface area contributed by atoms with Gasteiger partial charge in [0.1, 0.15) is 40.5 Å². The fourth-order valence-corrected chi connectivity index (χ4v) is 4.90. The van der Waals surface area contributed by atoms with Gasteiger partial charge in [0.15, 0.2) is 0 Å². The lowest BCUT2D eigenvalue weighted by Gasteiger charge is -2.30. The smallest absolute Gasteiger partial charge is 0.342 e. The van der Waals surface area contributed by atoms with Crippen LogP contribution in [-0.4, -0.2) is 46.8 Å². The van der Waals surface area contributed by atoms with Gasteiger partial charge in [-0.3, -0.25) is 0 Å². The molecule has 0 saturated carbocycles. The Hall–Kier alpha value is -1.93. The molecule has 0 unspecified atom stereocenters. The van der Waals surface area contributed by atoms with Crippen LogP contribution in [0.4, 0.5) is 0 Å². The molecule has 0 amide bonds. The van der Waals surface area contributed by atoms with E-state index in [1.54, 1.807) is 26.8 Å². The maximum Gasteiger partial charge on any atom is 0.342 e. The summed E-state index contributed by atoms with van der Waals surface area (Å²) < 4.78 is 22.7. The van der Waals surface area contributed by atoms with E-state index in [1.807, 2.05) is 33.8 Å². The zero-order valence-electron chi connectivity index (χ0n) is 19.8. The standard InChI is InChI=1S/C24H34O7/c1-12(11-22(6)21-24(8,31-21)16(5)30-22)10-13(2)18(25)23(7,27)19-14(3)17(28-9)15(4)20(26)29-19/h10-11,16,18,21,25,27H,1-9H3/t16-,18+,21-,22-,23+,24-/m0/s1. The summed E-state index contributed by atoms with van der Waals surface area (Å²) in [5.41, 5.74) is -1.12. The largest absolute Gasteiger partial charge is 0.496 e. The van der Waals surface area contributed by atoms with Gasteiger partial charge in [-0.2, -0.15) is 0 Å². The van der Waals surface area contributed by atoms with Gasteiger partial charge in [-0.15, -0.1) is 0 Å². The van der Waals surface area contributed by atoms with Crippen LogP contribution in [0.3, 0.4) is 0 Å². The maximum absolute atomic E-state index is 12.2. The van der Waals surface area contributed by atoms with Crippen molar-refractivity contribution in [3.05, 3.63) is 50.6 Å². The normalized spacial score (nSPS) is 33.6. The molecule has 1 aromatic rings. The van der Waals surface area contributed by atoms with E-state index in [1.165, 1.54) is 14.0 Å². The number of hydrogen-bond donors (Lipinski definition) is 2. The van der Waals surface area contributed by atoms with E-state index in [2.05, 4.69) is 0 Å². The van der Waals surface area contributed by atoms with Crippen molar-refractivity contribution < 1.29 is 28.8 Å². The van der Waals surface area contributed by atoms with Gasteiger partial charge in [-0.25, -0.2) is 4.79 Å². The topological polar surface area (TPSA) is 102 Å². The third-order valence-electron chi connectivity index (χ3n) is 6.71. The predicted molar refractivity (Wildman–Crippen MR) is 116 cm³/mol. The molecule has 2 aliphatic rings. The molecule has 172 valence electrons. The molecule has 0 aromatic carbocycles. The average Bonchev–Trinajstić information content (AvgIpc) is 3.34. The number of hydrogen-bond acceptors (Lipinski definition) is 7. The van der Waals surface area contributed by atoms with E-state index in [0.29, 0.717) is 22.4 Å². The van der Waals surface area contributed by atoms with Gasteiger partial charge in [0.2, 0.25) is 0 Å². The molecule has 3 rings (SSSR count). The highest BCUT2D eigenvalue weighted by molar-refractivity contribution is 5.42. The number of allylic oxidation sites excluding steroid dienone is 2. The third kappa shape index (κ3) is 3.78. The van der Waals surface area contributed by atoms with E-state index >= 15 is 0 Å². The molecule has 2 fully saturated rings. The van der Waals surface area contributed by atoms with E-state index in [-0.39, 0.29) is 23.6 Å². The second-order valence-electron chi connectivity index (χ2n) is 9.45. The molecule has 0 aliphatic carbocycles. The highest BCUT2D eigenvalue weighted by atomic mass is 16.7. The molecule has 2 aliphatic heterocycles. The van der Waals surface area contributed by atoms with Crippen LogP contribution in [0.1, 0.15) is 58.4 Å². The highest BCUT2D eigenvalue weighted by Gasteiger charge is 2.71. The first-order valence-corrected chi connectivity index (χ1v) is 10.5. The summed E-state index contributed by atoms with van der Waals surface area (Å²) in [4.78, 5) is 12.2. The van der Waals surface area contributed by atoms with Crippen molar-refractivity contribution in [2.24, 2.45) is 0 Å². The lowest BCUT2D eigenvalue weighted by Crippen LogP contribution is -2.39. The molecule has 31 heavy (non-hydrogen) atoms. The number of ether oxygens (including phenoxy) is 3. The van der Waals surface area contributed by atoms with E-state index in [9.17, 15) is 15.0 Å². The van der Waals surface area contributed by atoms with Crippen LogP contribution >= 0.6 is 0 Å². The third-order valence-corrected chi connectivity index (χ3v) is 6.71. The minimum atomic E-state index is -1.84. The minimum absolute atomic E-state index is 0.00894. The Bertz CT molecular complexity index is 1000. The molecule has 6 atom stereocenters. The van der Waals surface area contributed by atoms with Gasteiger partial charge >= 0.3 is 5.63 Å². The molecule has 3 heterocycles. The zero-order valence-corrected chi connectivity index (χ0v) is 19.8. The van der Waals surface area contributed by atoms with Crippen LogP contribution in [0, 0.1) is 13.8 Å². The summed E-state index contributed by atoms with van der Waals surface area (Å²) in [5.74, 6) is 0.313. The fraction of sp³-hybridized carbons (Fsp3) is 0.625. The first-order valence-electron chi connectivity index (χ1n) is 10.5. The van der Waals surface area contributed by atoms with Gasteiger partial charge in [-0.05, 0) is 67.0 Å². The van der Waals surface area contributed by atoms with Crippen molar-refractivity contribution >= 4 is 0 Å². The van der Waals surface area contributed by atoms with Crippen molar-refractivity contribution in [2.75, 3.05) is 7.11 Å². The molecule has 2 N–H and O–H groups in total. The number of methoxy groups -OCH3 is 1. The molecule has 1 aromatic heterocycles. The van der Waals surface area contributed by atoms with Crippen LogP contribution in [0.25, 0.3) is 0 Å². The predicted octanol–water partition coefficient (Wildman–Crippen LogP) is 3.06. The number of aliphatic hydroxyl groups is 2. The Morgan fingerprint density at radius 3 is 2.32 bits per heavy atom. The second-order valence-corrected chi connectivity index (χ2v) is 9.45. The summed E-state index contributed by atoms with van der Waals surface area (Å²) in [6, 6.07) is 0. The van der Waals surface area contributed by atoms with Gasteiger partial charge < -0.3 is 28.8 Å². The molecule has 0 spiro atoms. The number of epoxide rings is 1. The Labute approximate surface area is 183 Å². The first-order chi connectivity index (χ1) is 14.2. The lowest BCUT2D eigenvalue weighted by molar-refractivity contribution is -0.0720. The summed E-state index contributed by atoms with van der Waals surface area (Å²) in [7, 11) is 1.45. The first kappa shape index (κ1) is 23.7. The van der Waals surface area contributed by atoms with Gasteiger partial charge in [0.25, 0.3) is 0 Å². The van der Waals surface area contributed by atoms with Crippen LogP contribution in [0.2, 0.25) is 0 Å². The van der Waals surface area contributed by atoms with Crippen LogP contribution < -0.4 is 10.4 Å². The molecule has 0 radical (unpaired) electrons. The molecular weight excluding hydrogens is 400 g/mol. The average molecular weight is 435 g/mol. The molecule has 7 heteroatoms. The van der Waals surface area contributed by atoms with Crippen LogP contribution in [0.15, 0.2) is 32.5 Å². The zero-order chi connectivity index (χ0) is 23.5. The summed E-state index contributed by atoms with van der Waals surface area (Å²) in [6.45, 7) is 14.3. The summed E-state index contributed by atoms with van der Waals surface area (Å²) >= 11 is 0. The summed E-state index contributed by atoms with van der Waals surface area (Å²) in [5, 5.41) is 22.1. The second kappa shape index (κ2) is 7.59. The minimum Gasteiger partial charge on any atom is -0.496 e. The van der Waals surface area contributed by atoms with Gasteiger partial charge in [-0.1, -0.05) is 11.6 Å². The van der Waals surface area contributed by atoms with E-state index in [0.717, 1.165) is 5.57 Å². The SMILES string of the molecule is COc1c(C)c([C@](C)(O)[C@H](O)C(C)=CC(C)=C[C@]2(C)O[C@@H](C)[C@]3(C)O[C@H]32)oc(=O)c1C. The van der Waals surface area contributed by atoms with Crippen molar-refractivity contribution in [1.82, 2.24) is 0 Å². The maximum atomic E-state index is 12.2. The number of rotatable bonds is 6. The number of fused-ring (bicyclic) bond motifs is 1. The van der Waals surface area contributed by atoms with E-state index < -0.39 is 22.9 Å². The summed E-state index contributed by atoms with van der Waals surface area (Å²) in [6.07, 6.45) is 2.44. The highest BCUT2D eigenvalue weighted by Crippen LogP contribution is 2.55. The molecule has 2 saturated heterocycles. The van der Waals surface area contributed by atoms with Crippen molar-refractivity contribution in [3.63, 3.8) is 0 Å². The Balaban J connectivity index is 1.90. The van der Waals surface area contributed by atoms with Gasteiger partial charge in [0.05, 0.1) is 18.8 Å². The van der Waals surface area contributed by atoms with Gasteiger partial charge in [0, 0.05) is 5.56 Å². The Morgan fingerprint density at radius 2 is 1.84 bits per heavy atom.